The summed E-state index contributed by atoms with van der Waals surface area (Å²) in [5, 5.41) is 23.2. The molecule has 1 amide bonds. The highest BCUT2D eigenvalue weighted by Crippen LogP contribution is 2.17. The van der Waals surface area contributed by atoms with Crippen LogP contribution in [0.4, 0.5) is 0 Å². The zero-order valence-electron chi connectivity index (χ0n) is 46.8. The minimum atomic E-state index is -0.850. The van der Waals surface area contributed by atoms with Crippen LogP contribution in [0.1, 0.15) is 309 Å². The van der Waals surface area contributed by atoms with Crippen LogP contribution < -0.4 is 5.32 Å². The van der Waals surface area contributed by atoms with Crippen molar-refractivity contribution in [3.05, 3.63) is 85.1 Å². The molecule has 0 heterocycles. The molecule has 3 N–H and O–H groups in total. The quantitative estimate of drug-likeness (QED) is 0.0420. The first-order valence-corrected chi connectivity index (χ1v) is 30.8. The van der Waals surface area contributed by atoms with E-state index in [-0.39, 0.29) is 12.5 Å². The van der Waals surface area contributed by atoms with E-state index in [0.29, 0.717) is 6.42 Å². The third-order valence-electron chi connectivity index (χ3n) is 13.9. The summed E-state index contributed by atoms with van der Waals surface area (Å²) < 4.78 is 0. The lowest BCUT2D eigenvalue weighted by atomic mass is 10.0. The Bertz CT molecular complexity index is 1240. The molecular formula is C66H119NO3. The van der Waals surface area contributed by atoms with Gasteiger partial charge in [-0.3, -0.25) is 4.79 Å². The van der Waals surface area contributed by atoms with E-state index in [4.69, 9.17) is 0 Å². The van der Waals surface area contributed by atoms with Crippen molar-refractivity contribution in [2.45, 2.75) is 321 Å². The molecule has 2 unspecified atom stereocenters. The van der Waals surface area contributed by atoms with Crippen LogP contribution in [0.15, 0.2) is 85.1 Å². The van der Waals surface area contributed by atoms with Gasteiger partial charge in [0.1, 0.15) is 0 Å². The number of nitrogens with one attached hydrogen (secondary N) is 1. The van der Waals surface area contributed by atoms with E-state index in [1.165, 1.54) is 218 Å². The molecule has 0 fully saturated rings. The Labute approximate surface area is 437 Å². The fourth-order valence-corrected chi connectivity index (χ4v) is 9.24. The van der Waals surface area contributed by atoms with Gasteiger partial charge < -0.3 is 15.5 Å². The lowest BCUT2D eigenvalue weighted by Gasteiger charge is -2.20. The van der Waals surface area contributed by atoms with Crippen molar-refractivity contribution in [3.63, 3.8) is 0 Å². The lowest BCUT2D eigenvalue weighted by molar-refractivity contribution is -0.123. The van der Waals surface area contributed by atoms with Gasteiger partial charge in [-0.2, -0.15) is 0 Å². The highest BCUT2D eigenvalue weighted by Gasteiger charge is 2.18. The zero-order chi connectivity index (χ0) is 50.6. The summed E-state index contributed by atoms with van der Waals surface area (Å²) in [6.07, 6.45) is 89.1. The Kier molecular flexibility index (Phi) is 58.8. The molecule has 2 atom stereocenters. The normalized spacial score (nSPS) is 13.4. The molecule has 0 bridgehead atoms. The van der Waals surface area contributed by atoms with Gasteiger partial charge in [0, 0.05) is 6.42 Å². The largest absolute Gasteiger partial charge is 0.394 e. The van der Waals surface area contributed by atoms with Gasteiger partial charge in [0.15, 0.2) is 0 Å². The Morgan fingerprint density at radius 1 is 0.357 bits per heavy atom. The monoisotopic (exact) mass is 974 g/mol. The minimum Gasteiger partial charge on any atom is -0.394 e. The minimum absolute atomic E-state index is 0.0724. The average Bonchev–Trinajstić information content (AvgIpc) is 3.36. The van der Waals surface area contributed by atoms with E-state index < -0.39 is 12.1 Å². The second kappa shape index (κ2) is 60.9. The van der Waals surface area contributed by atoms with Crippen LogP contribution in [0.25, 0.3) is 0 Å². The summed E-state index contributed by atoms with van der Waals surface area (Å²) in [5.41, 5.74) is 0. The number of aliphatic hydroxyl groups excluding tert-OH is 2. The molecular weight excluding hydrogens is 855 g/mol. The predicted octanol–water partition coefficient (Wildman–Crippen LogP) is 20.7. The van der Waals surface area contributed by atoms with Crippen LogP contribution in [0.3, 0.4) is 0 Å². The van der Waals surface area contributed by atoms with Crippen LogP contribution in [0, 0.1) is 0 Å². The molecule has 70 heavy (non-hydrogen) atoms. The van der Waals surface area contributed by atoms with Crippen molar-refractivity contribution in [1.82, 2.24) is 5.32 Å². The molecule has 0 aromatic carbocycles. The van der Waals surface area contributed by atoms with Gasteiger partial charge in [-0.1, -0.05) is 317 Å². The Hall–Kier alpha value is -2.43. The highest BCUT2D eigenvalue weighted by atomic mass is 16.3. The summed E-state index contributed by atoms with van der Waals surface area (Å²) in [5.74, 6) is -0.0724. The molecule has 0 rings (SSSR count). The fraction of sp³-hybridized carbons (Fsp3) is 0.773. The topological polar surface area (TPSA) is 69.6 Å². The van der Waals surface area contributed by atoms with Crippen molar-refractivity contribution in [2.75, 3.05) is 6.61 Å². The number of aliphatic hydroxyl groups is 2. The maximum Gasteiger partial charge on any atom is 0.220 e. The van der Waals surface area contributed by atoms with Crippen molar-refractivity contribution < 1.29 is 15.0 Å². The number of unbranched alkanes of at least 4 members (excludes halogenated alkanes) is 37. The molecule has 4 heteroatoms. The summed E-state index contributed by atoms with van der Waals surface area (Å²) in [6, 6.07) is -0.634. The van der Waals surface area contributed by atoms with Crippen molar-refractivity contribution in [2.24, 2.45) is 0 Å². The molecule has 0 aliphatic carbocycles. The second-order valence-electron chi connectivity index (χ2n) is 20.7. The average molecular weight is 975 g/mol. The molecule has 0 aliphatic heterocycles. The molecule has 0 radical (unpaired) electrons. The second-order valence-corrected chi connectivity index (χ2v) is 20.7. The number of hydrogen-bond acceptors (Lipinski definition) is 3. The first-order chi connectivity index (χ1) is 34.7. The lowest BCUT2D eigenvalue weighted by Crippen LogP contribution is -2.45. The Balaban J connectivity index is 3.52. The maximum atomic E-state index is 12.5. The summed E-state index contributed by atoms with van der Waals surface area (Å²) in [6.45, 7) is 4.21. The number of allylic oxidation sites excluding steroid dienone is 13. The van der Waals surface area contributed by atoms with Crippen molar-refractivity contribution >= 4 is 5.91 Å². The van der Waals surface area contributed by atoms with Crippen LogP contribution in [0.2, 0.25) is 0 Å². The molecule has 4 nitrogen and oxygen atoms in total. The third kappa shape index (κ3) is 56.5. The summed E-state index contributed by atoms with van der Waals surface area (Å²) in [4.78, 5) is 12.5. The number of rotatable bonds is 56. The molecule has 0 aromatic heterocycles. The van der Waals surface area contributed by atoms with E-state index >= 15 is 0 Å². The van der Waals surface area contributed by atoms with E-state index in [0.717, 1.165) is 70.6 Å². The van der Waals surface area contributed by atoms with Crippen LogP contribution in [-0.2, 0) is 4.79 Å². The van der Waals surface area contributed by atoms with Gasteiger partial charge >= 0.3 is 0 Å². The molecule has 406 valence electrons. The maximum absolute atomic E-state index is 12.5. The zero-order valence-corrected chi connectivity index (χ0v) is 46.8. The predicted molar refractivity (Wildman–Crippen MR) is 313 cm³/mol. The van der Waals surface area contributed by atoms with Gasteiger partial charge in [-0.15, -0.1) is 0 Å². The molecule has 0 saturated heterocycles. The molecule has 0 aromatic rings. The van der Waals surface area contributed by atoms with Crippen molar-refractivity contribution in [3.8, 4) is 0 Å². The number of amides is 1. The van der Waals surface area contributed by atoms with Gasteiger partial charge in [0.2, 0.25) is 5.91 Å². The highest BCUT2D eigenvalue weighted by molar-refractivity contribution is 5.76. The van der Waals surface area contributed by atoms with Crippen LogP contribution in [0.5, 0.6) is 0 Å². The van der Waals surface area contributed by atoms with Crippen LogP contribution >= 0.6 is 0 Å². The summed E-state index contributed by atoms with van der Waals surface area (Å²) >= 11 is 0. The standard InChI is InChI=1S/C66H119NO3/c1-3-5-7-9-11-13-15-17-19-21-23-25-27-29-31-32-33-34-36-37-39-41-43-45-47-49-51-53-55-57-59-61-65(69)64(63-68)67-66(70)62-60-58-56-54-52-50-48-46-44-42-40-38-35-30-28-26-24-22-20-18-16-14-12-10-8-6-4-2/h6,8,12,14,18,20,24,26,30,35,40,42,59,61,64-65,68-69H,3-5,7,9-11,13,15-17,19,21-23,25,27-29,31-34,36-39,41,43-58,60,62-63H2,1-2H3,(H,67,70)/b8-6-,14-12-,20-18-,26-24-,35-30-,42-40-,61-59+. The van der Waals surface area contributed by atoms with Gasteiger partial charge in [0.25, 0.3) is 0 Å². The van der Waals surface area contributed by atoms with Gasteiger partial charge in [-0.05, 0) is 70.6 Å². The Morgan fingerprint density at radius 2 is 0.629 bits per heavy atom. The van der Waals surface area contributed by atoms with Gasteiger partial charge in [-0.25, -0.2) is 0 Å². The fourth-order valence-electron chi connectivity index (χ4n) is 9.24. The van der Waals surface area contributed by atoms with E-state index in [9.17, 15) is 15.0 Å². The number of hydrogen-bond donors (Lipinski definition) is 3. The molecule has 0 aliphatic rings. The van der Waals surface area contributed by atoms with E-state index in [1.54, 1.807) is 6.08 Å². The van der Waals surface area contributed by atoms with Gasteiger partial charge in [0.05, 0.1) is 18.8 Å². The SMILES string of the molecule is CC/C=C\C/C=C\C/C=C\C/C=C\C/C=C\C/C=C\CCCCCCCCCCC(=O)NC(CO)C(O)/C=C/CCCCCCCCCCCCCCCCCCCCCCCCCCCCCCC. The number of carbonyl (C=O) groups is 1. The first kappa shape index (κ1) is 67.6. The van der Waals surface area contributed by atoms with E-state index in [2.05, 4.69) is 92.1 Å². The van der Waals surface area contributed by atoms with Crippen LogP contribution in [-0.4, -0.2) is 34.9 Å². The number of carbonyl (C=O) groups excluding carboxylic acids is 1. The van der Waals surface area contributed by atoms with Crippen molar-refractivity contribution in [1.29, 1.82) is 0 Å². The smallest absolute Gasteiger partial charge is 0.220 e. The van der Waals surface area contributed by atoms with E-state index in [1.807, 2.05) is 6.08 Å². The molecule has 0 saturated carbocycles. The molecule has 0 spiro atoms. The first-order valence-electron chi connectivity index (χ1n) is 30.8. The summed E-state index contributed by atoms with van der Waals surface area (Å²) in [7, 11) is 0. The third-order valence-corrected chi connectivity index (χ3v) is 13.9. The Morgan fingerprint density at radius 3 is 0.943 bits per heavy atom.